The Balaban J connectivity index is 2.34. The lowest BCUT2D eigenvalue weighted by molar-refractivity contribution is 0.0600. The topological polar surface area (TPSA) is 64.8 Å². The highest BCUT2D eigenvalue weighted by molar-refractivity contribution is 5.97. The van der Waals surface area contributed by atoms with E-state index in [2.05, 4.69) is 4.90 Å². The number of ether oxygens (including phenoxy) is 2. The van der Waals surface area contributed by atoms with Crippen molar-refractivity contribution in [2.24, 2.45) is 0 Å². The van der Waals surface area contributed by atoms with Crippen LogP contribution in [0.2, 0.25) is 0 Å². The molecule has 0 radical (unpaired) electrons. The van der Waals surface area contributed by atoms with E-state index in [1.54, 1.807) is 12.1 Å². The van der Waals surface area contributed by atoms with E-state index < -0.39 is 0 Å². The van der Waals surface area contributed by atoms with Crippen LogP contribution in [-0.4, -0.2) is 39.4 Å². The Morgan fingerprint density at radius 2 is 2.12 bits per heavy atom. The van der Waals surface area contributed by atoms with Gasteiger partial charge in [0, 0.05) is 18.8 Å². The number of methoxy groups -OCH3 is 1. The molecule has 2 rings (SSSR count). The van der Waals surface area contributed by atoms with E-state index in [-0.39, 0.29) is 5.97 Å². The van der Waals surface area contributed by atoms with E-state index in [1.807, 2.05) is 6.07 Å². The first kappa shape index (κ1) is 11.7. The van der Waals surface area contributed by atoms with Crippen molar-refractivity contribution in [3.05, 3.63) is 23.8 Å². The molecule has 0 amide bonds. The lowest BCUT2D eigenvalue weighted by Crippen LogP contribution is -2.37. The third-order valence-corrected chi connectivity index (χ3v) is 2.78. The van der Waals surface area contributed by atoms with Crippen LogP contribution >= 0.6 is 0 Å². The molecule has 1 fully saturated rings. The summed E-state index contributed by atoms with van der Waals surface area (Å²) < 4.78 is 10.1. The SMILES string of the molecule is COC(=O)c1cc(N)ccc1N1CCOCC1. The minimum Gasteiger partial charge on any atom is -0.465 e. The Kier molecular flexibility index (Phi) is 3.49. The fourth-order valence-corrected chi connectivity index (χ4v) is 1.91. The molecule has 0 aromatic heterocycles. The minimum absolute atomic E-state index is 0.362. The van der Waals surface area contributed by atoms with E-state index >= 15 is 0 Å². The summed E-state index contributed by atoms with van der Waals surface area (Å²) in [6.45, 7) is 2.89. The minimum atomic E-state index is -0.362. The lowest BCUT2D eigenvalue weighted by atomic mass is 10.1. The van der Waals surface area contributed by atoms with Gasteiger partial charge in [-0.3, -0.25) is 0 Å². The Morgan fingerprint density at radius 1 is 1.41 bits per heavy atom. The summed E-state index contributed by atoms with van der Waals surface area (Å²) >= 11 is 0. The van der Waals surface area contributed by atoms with E-state index in [1.165, 1.54) is 7.11 Å². The highest BCUT2D eigenvalue weighted by atomic mass is 16.5. The van der Waals surface area contributed by atoms with Gasteiger partial charge in [-0.1, -0.05) is 0 Å². The molecule has 92 valence electrons. The number of anilines is 2. The standard InChI is InChI=1S/C12H16N2O3/c1-16-12(15)10-8-9(13)2-3-11(10)14-4-6-17-7-5-14/h2-3,8H,4-7,13H2,1H3. The summed E-state index contributed by atoms with van der Waals surface area (Å²) in [6, 6.07) is 5.29. The maximum Gasteiger partial charge on any atom is 0.340 e. The molecule has 0 bridgehead atoms. The summed E-state index contributed by atoms with van der Waals surface area (Å²) in [5.74, 6) is -0.362. The average molecular weight is 236 g/mol. The molecule has 1 aromatic carbocycles. The van der Waals surface area contributed by atoms with Crippen LogP contribution in [0.5, 0.6) is 0 Å². The molecule has 0 atom stereocenters. The third-order valence-electron chi connectivity index (χ3n) is 2.78. The van der Waals surface area contributed by atoms with Gasteiger partial charge in [-0.2, -0.15) is 0 Å². The lowest BCUT2D eigenvalue weighted by Gasteiger charge is -2.30. The fraction of sp³-hybridized carbons (Fsp3) is 0.417. The molecule has 1 aliphatic rings. The highest BCUT2D eigenvalue weighted by Crippen LogP contribution is 2.24. The van der Waals surface area contributed by atoms with E-state index in [9.17, 15) is 4.79 Å². The second-order valence-corrected chi connectivity index (χ2v) is 3.87. The number of carbonyl (C=O) groups excluding carboxylic acids is 1. The number of hydrogen-bond donors (Lipinski definition) is 1. The number of nitrogens with two attached hydrogens (primary N) is 1. The van der Waals surface area contributed by atoms with Crippen molar-refractivity contribution in [3.8, 4) is 0 Å². The van der Waals surface area contributed by atoms with Gasteiger partial charge in [-0.25, -0.2) is 4.79 Å². The third kappa shape index (κ3) is 2.50. The van der Waals surface area contributed by atoms with Gasteiger partial charge in [-0.15, -0.1) is 0 Å². The summed E-state index contributed by atoms with van der Waals surface area (Å²) in [5, 5.41) is 0. The van der Waals surface area contributed by atoms with Crippen LogP contribution in [0.1, 0.15) is 10.4 Å². The predicted octanol–water partition coefficient (Wildman–Crippen LogP) is 0.892. The normalized spacial score (nSPS) is 15.7. The van der Waals surface area contributed by atoms with E-state index in [0.29, 0.717) is 24.5 Å². The molecule has 2 N–H and O–H groups in total. The van der Waals surface area contributed by atoms with Crippen molar-refractivity contribution >= 4 is 17.3 Å². The first-order chi connectivity index (χ1) is 8.22. The van der Waals surface area contributed by atoms with Gasteiger partial charge in [0.1, 0.15) is 0 Å². The molecule has 1 heterocycles. The second kappa shape index (κ2) is 5.05. The number of hydrogen-bond acceptors (Lipinski definition) is 5. The quantitative estimate of drug-likeness (QED) is 0.610. The smallest absolute Gasteiger partial charge is 0.340 e. The van der Waals surface area contributed by atoms with Crippen molar-refractivity contribution in [3.63, 3.8) is 0 Å². The molecular weight excluding hydrogens is 220 g/mol. The van der Waals surface area contributed by atoms with Crippen LogP contribution in [0, 0.1) is 0 Å². The zero-order valence-electron chi connectivity index (χ0n) is 9.81. The van der Waals surface area contributed by atoms with Crippen molar-refractivity contribution in [1.82, 2.24) is 0 Å². The number of nitrogens with zero attached hydrogens (tertiary/aromatic N) is 1. The molecule has 0 spiro atoms. The molecule has 0 unspecified atom stereocenters. The number of nitrogen functional groups attached to an aromatic ring is 1. The number of morpholine rings is 1. The second-order valence-electron chi connectivity index (χ2n) is 3.87. The Labute approximate surface area is 100 Å². The molecule has 0 saturated carbocycles. The number of carbonyl (C=O) groups is 1. The molecule has 1 aliphatic heterocycles. The molecule has 1 aromatic rings. The number of rotatable bonds is 2. The van der Waals surface area contributed by atoms with Crippen LogP contribution in [0.4, 0.5) is 11.4 Å². The first-order valence-electron chi connectivity index (χ1n) is 5.53. The largest absolute Gasteiger partial charge is 0.465 e. The molecule has 5 heteroatoms. The maximum atomic E-state index is 11.7. The monoisotopic (exact) mass is 236 g/mol. The van der Waals surface area contributed by atoms with Crippen molar-refractivity contribution in [2.45, 2.75) is 0 Å². The van der Waals surface area contributed by atoms with Gasteiger partial charge in [0.15, 0.2) is 0 Å². The molecule has 0 aliphatic carbocycles. The van der Waals surface area contributed by atoms with Crippen LogP contribution < -0.4 is 10.6 Å². The first-order valence-corrected chi connectivity index (χ1v) is 5.53. The summed E-state index contributed by atoms with van der Waals surface area (Å²) in [7, 11) is 1.37. The van der Waals surface area contributed by atoms with E-state index in [0.717, 1.165) is 18.8 Å². The van der Waals surface area contributed by atoms with Crippen molar-refractivity contribution < 1.29 is 14.3 Å². The van der Waals surface area contributed by atoms with Crippen LogP contribution in [0.25, 0.3) is 0 Å². The van der Waals surface area contributed by atoms with Crippen molar-refractivity contribution in [2.75, 3.05) is 44.0 Å². The highest BCUT2D eigenvalue weighted by Gasteiger charge is 2.19. The maximum absolute atomic E-state index is 11.7. The zero-order chi connectivity index (χ0) is 12.3. The van der Waals surface area contributed by atoms with Gasteiger partial charge < -0.3 is 20.1 Å². The summed E-state index contributed by atoms with van der Waals surface area (Å²) in [6.07, 6.45) is 0. The molecular formula is C12H16N2O3. The van der Waals surface area contributed by atoms with E-state index in [4.69, 9.17) is 15.2 Å². The fourth-order valence-electron chi connectivity index (χ4n) is 1.91. The number of esters is 1. The summed E-state index contributed by atoms with van der Waals surface area (Å²) in [4.78, 5) is 13.8. The van der Waals surface area contributed by atoms with Crippen molar-refractivity contribution in [1.29, 1.82) is 0 Å². The van der Waals surface area contributed by atoms with Gasteiger partial charge in [0.05, 0.1) is 31.6 Å². The van der Waals surface area contributed by atoms with Crippen LogP contribution in [0.3, 0.4) is 0 Å². The number of benzene rings is 1. The van der Waals surface area contributed by atoms with Crippen LogP contribution in [-0.2, 0) is 9.47 Å². The average Bonchev–Trinajstić information content (AvgIpc) is 2.38. The summed E-state index contributed by atoms with van der Waals surface area (Å²) in [5.41, 5.74) is 7.62. The molecule has 1 saturated heterocycles. The Hall–Kier alpha value is -1.75. The van der Waals surface area contributed by atoms with Gasteiger partial charge in [0.25, 0.3) is 0 Å². The van der Waals surface area contributed by atoms with Gasteiger partial charge in [-0.05, 0) is 18.2 Å². The van der Waals surface area contributed by atoms with Gasteiger partial charge >= 0.3 is 5.97 Å². The Morgan fingerprint density at radius 3 is 2.76 bits per heavy atom. The molecule has 17 heavy (non-hydrogen) atoms. The van der Waals surface area contributed by atoms with Crippen LogP contribution in [0.15, 0.2) is 18.2 Å². The predicted molar refractivity (Wildman–Crippen MR) is 65.2 cm³/mol. The zero-order valence-corrected chi connectivity index (χ0v) is 9.81. The molecule has 5 nitrogen and oxygen atoms in total. The Bertz CT molecular complexity index is 414. The van der Waals surface area contributed by atoms with Gasteiger partial charge in [0.2, 0.25) is 0 Å².